The van der Waals surface area contributed by atoms with Crippen LogP contribution in [0.2, 0.25) is 0 Å². The fourth-order valence-electron chi connectivity index (χ4n) is 3.12. The monoisotopic (exact) mass is 299 g/mol. The number of hydrogen-bond donors (Lipinski definition) is 0. The summed E-state index contributed by atoms with van der Waals surface area (Å²) in [5.74, 6) is 1.79. The predicted octanol–water partition coefficient (Wildman–Crippen LogP) is 5.73. The molecule has 0 aromatic heterocycles. The van der Waals surface area contributed by atoms with E-state index in [4.69, 9.17) is 9.40 Å². The van der Waals surface area contributed by atoms with Gasteiger partial charge in [0.05, 0.1) is 5.69 Å². The minimum absolute atomic E-state index is 0.875. The quantitative estimate of drug-likeness (QED) is 0.472. The minimum atomic E-state index is 0.875. The van der Waals surface area contributed by atoms with Crippen molar-refractivity contribution in [2.24, 2.45) is 0 Å². The lowest BCUT2D eigenvalue weighted by molar-refractivity contribution is 0.533. The third kappa shape index (κ3) is 2.33. The molecule has 2 aromatic rings. The highest BCUT2D eigenvalue weighted by Crippen LogP contribution is 2.40. The smallest absolute Gasteiger partial charge is 0.134 e. The molecular formula is C21H17NO. The van der Waals surface area contributed by atoms with Gasteiger partial charge in [-0.2, -0.15) is 0 Å². The molecule has 2 heterocycles. The number of rotatable bonds is 2. The first-order valence-corrected chi connectivity index (χ1v) is 7.75. The van der Waals surface area contributed by atoms with Crippen molar-refractivity contribution in [1.82, 2.24) is 4.98 Å². The lowest BCUT2D eigenvalue weighted by atomic mass is 9.99. The highest BCUT2D eigenvalue weighted by Gasteiger charge is 2.21. The van der Waals surface area contributed by atoms with Crippen molar-refractivity contribution in [2.45, 2.75) is 13.8 Å². The van der Waals surface area contributed by atoms with Crippen LogP contribution >= 0.6 is 0 Å². The third-order valence-electron chi connectivity index (χ3n) is 4.16. The highest BCUT2D eigenvalue weighted by molar-refractivity contribution is 5.87. The fourth-order valence-corrected chi connectivity index (χ4v) is 3.12. The second-order valence-corrected chi connectivity index (χ2v) is 5.73. The van der Waals surface area contributed by atoms with Crippen molar-refractivity contribution in [3.8, 4) is 33.7 Å². The Morgan fingerprint density at radius 3 is 2.04 bits per heavy atom. The molecule has 23 heavy (non-hydrogen) atoms. The zero-order chi connectivity index (χ0) is 15.8. The Bertz CT molecular complexity index is 923. The number of aromatic nitrogens is 1. The van der Waals surface area contributed by atoms with Crippen LogP contribution in [0.4, 0.5) is 0 Å². The molecule has 0 fully saturated rings. The van der Waals surface area contributed by atoms with Crippen molar-refractivity contribution >= 4 is 0 Å². The Morgan fingerprint density at radius 1 is 0.783 bits per heavy atom. The van der Waals surface area contributed by atoms with Crippen LogP contribution in [-0.2, 0) is 0 Å². The van der Waals surface area contributed by atoms with E-state index in [0.29, 0.717) is 0 Å². The van der Waals surface area contributed by atoms with E-state index in [1.54, 1.807) is 0 Å². The highest BCUT2D eigenvalue weighted by atomic mass is 16.3. The molecule has 0 saturated heterocycles. The molecule has 2 aliphatic heterocycles. The van der Waals surface area contributed by atoms with Crippen LogP contribution in [0.3, 0.4) is 0 Å². The van der Waals surface area contributed by atoms with Crippen molar-refractivity contribution in [3.63, 3.8) is 0 Å². The van der Waals surface area contributed by atoms with Gasteiger partial charge in [-0.3, -0.25) is 4.98 Å². The zero-order valence-corrected chi connectivity index (χ0v) is 13.2. The second-order valence-electron chi connectivity index (χ2n) is 5.73. The van der Waals surface area contributed by atoms with E-state index in [-0.39, 0.29) is 0 Å². The number of fused-ring (bicyclic) bond motifs is 1. The van der Waals surface area contributed by atoms with Gasteiger partial charge in [0.25, 0.3) is 0 Å². The molecule has 4 rings (SSSR count). The molecule has 0 saturated carbocycles. The maximum Gasteiger partial charge on any atom is 0.134 e. The van der Waals surface area contributed by atoms with E-state index in [0.717, 1.165) is 45.2 Å². The molecule has 2 nitrogen and oxygen atoms in total. The van der Waals surface area contributed by atoms with Gasteiger partial charge in [-0.05, 0) is 19.9 Å². The molecule has 0 aliphatic carbocycles. The summed E-state index contributed by atoms with van der Waals surface area (Å²) in [5, 5.41) is 0. The maximum absolute atomic E-state index is 6.07. The molecule has 0 amide bonds. The third-order valence-corrected chi connectivity index (χ3v) is 4.16. The standard InChI is InChI=1S/C21H17NO/c1-14-20-15(2)23-19(16-9-5-3-6-10-16)13-18(20)21(22-14)17-11-7-4-8-12-17/h3-13H,1-2H3. The minimum Gasteiger partial charge on any atom is -0.461 e. The Kier molecular flexibility index (Phi) is 3.23. The van der Waals surface area contributed by atoms with Crippen LogP contribution < -0.4 is 0 Å². The van der Waals surface area contributed by atoms with Crippen LogP contribution in [0.5, 0.6) is 0 Å². The van der Waals surface area contributed by atoms with Crippen LogP contribution in [0.15, 0.2) is 71.1 Å². The molecule has 0 spiro atoms. The van der Waals surface area contributed by atoms with Crippen molar-refractivity contribution in [3.05, 3.63) is 78.2 Å². The summed E-state index contributed by atoms with van der Waals surface area (Å²) in [4.78, 5) is 4.80. The average molecular weight is 299 g/mol. The van der Waals surface area contributed by atoms with Crippen molar-refractivity contribution < 1.29 is 4.42 Å². The van der Waals surface area contributed by atoms with Gasteiger partial charge in [0, 0.05) is 27.9 Å². The molecule has 0 atom stereocenters. The molecule has 0 unspecified atom stereocenters. The Hall–Kier alpha value is -2.87. The molecule has 2 aromatic carbocycles. The second kappa shape index (κ2) is 5.40. The molecule has 112 valence electrons. The van der Waals surface area contributed by atoms with E-state index in [1.165, 1.54) is 0 Å². The SMILES string of the molecule is Cc1nc(-c2ccccc2)c2cc(-c3ccccc3)oc(C)c1-2. The fraction of sp³-hybridized carbons (Fsp3) is 0.0952. The van der Waals surface area contributed by atoms with E-state index < -0.39 is 0 Å². The first-order chi connectivity index (χ1) is 11.2. The average Bonchev–Trinajstić information content (AvgIpc) is 2.94. The van der Waals surface area contributed by atoms with E-state index in [1.807, 2.05) is 50.2 Å². The Morgan fingerprint density at radius 2 is 1.39 bits per heavy atom. The molecule has 0 radical (unpaired) electrons. The topological polar surface area (TPSA) is 26.0 Å². The Labute approximate surface area is 135 Å². The maximum atomic E-state index is 6.07. The van der Waals surface area contributed by atoms with Crippen LogP contribution in [0.1, 0.15) is 11.5 Å². The van der Waals surface area contributed by atoms with E-state index in [9.17, 15) is 0 Å². The summed E-state index contributed by atoms with van der Waals surface area (Å²) >= 11 is 0. The van der Waals surface area contributed by atoms with Crippen molar-refractivity contribution in [1.29, 1.82) is 0 Å². The van der Waals surface area contributed by atoms with Gasteiger partial charge in [0.15, 0.2) is 0 Å². The number of hydrogen-bond acceptors (Lipinski definition) is 2. The van der Waals surface area contributed by atoms with Gasteiger partial charge in [-0.25, -0.2) is 0 Å². The van der Waals surface area contributed by atoms with Gasteiger partial charge >= 0.3 is 0 Å². The van der Waals surface area contributed by atoms with Gasteiger partial charge in [0.2, 0.25) is 0 Å². The molecule has 0 bridgehead atoms. The summed E-state index contributed by atoms with van der Waals surface area (Å²) in [6.07, 6.45) is 0. The van der Waals surface area contributed by atoms with Crippen LogP contribution in [0.25, 0.3) is 33.7 Å². The number of aryl methyl sites for hydroxylation is 2. The first-order valence-electron chi connectivity index (χ1n) is 7.75. The number of benzene rings is 2. The number of nitrogens with zero attached hydrogens (tertiary/aromatic N) is 1. The lowest BCUT2D eigenvalue weighted by Crippen LogP contribution is -1.88. The summed E-state index contributed by atoms with van der Waals surface area (Å²) in [7, 11) is 0. The van der Waals surface area contributed by atoms with Crippen LogP contribution in [0, 0.1) is 13.8 Å². The Balaban J connectivity index is 1.98. The molecule has 2 heteroatoms. The summed E-state index contributed by atoms with van der Waals surface area (Å²) in [6, 6.07) is 22.6. The molecule has 2 aliphatic rings. The van der Waals surface area contributed by atoms with Gasteiger partial charge < -0.3 is 4.42 Å². The largest absolute Gasteiger partial charge is 0.461 e. The summed E-state index contributed by atoms with van der Waals surface area (Å²) < 4.78 is 6.07. The van der Waals surface area contributed by atoms with Crippen LogP contribution in [-0.4, -0.2) is 4.98 Å². The van der Waals surface area contributed by atoms with Gasteiger partial charge in [-0.15, -0.1) is 0 Å². The molecule has 0 N–H and O–H groups in total. The first kappa shape index (κ1) is 13.8. The van der Waals surface area contributed by atoms with Gasteiger partial charge in [0.1, 0.15) is 11.5 Å². The van der Waals surface area contributed by atoms with E-state index >= 15 is 0 Å². The summed E-state index contributed by atoms with van der Waals surface area (Å²) in [5.41, 5.74) is 6.51. The lowest BCUT2D eigenvalue weighted by Gasteiger charge is -2.10. The van der Waals surface area contributed by atoms with Gasteiger partial charge in [-0.1, -0.05) is 60.7 Å². The molecular weight excluding hydrogens is 282 g/mol. The predicted molar refractivity (Wildman–Crippen MR) is 93.5 cm³/mol. The van der Waals surface area contributed by atoms with Crippen molar-refractivity contribution in [2.75, 3.05) is 0 Å². The normalized spacial score (nSPS) is 11.0. The zero-order valence-electron chi connectivity index (χ0n) is 13.2. The van der Waals surface area contributed by atoms with E-state index in [2.05, 4.69) is 30.3 Å². The summed E-state index contributed by atoms with van der Waals surface area (Å²) in [6.45, 7) is 4.05.